The highest BCUT2D eigenvalue weighted by Gasteiger charge is 2.17. The van der Waals surface area contributed by atoms with Gasteiger partial charge in [0.1, 0.15) is 5.82 Å². The van der Waals surface area contributed by atoms with Crippen LogP contribution in [0.25, 0.3) is 22.6 Å². The quantitative estimate of drug-likeness (QED) is 0.520. The van der Waals surface area contributed by atoms with Gasteiger partial charge in [-0.15, -0.1) is 0 Å². The van der Waals surface area contributed by atoms with Gasteiger partial charge in [0.15, 0.2) is 11.2 Å². The minimum absolute atomic E-state index is 0.0739. The van der Waals surface area contributed by atoms with E-state index in [9.17, 15) is 4.79 Å². The van der Waals surface area contributed by atoms with Crippen LogP contribution in [0.5, 0.6) is 0 Å². The average Bonchev–Trinajstić information content (AvgIpc) is 2.90. The number of H-pyrrole nitrogens is 2. The molecule has 0 radical (unpaired) electrons. The molecule has 3 aromatic rings. The lowest BCUT2D eigenvalue weighted by Crippen LogP contribution is -2.24. The number of aromatic nitrogens is 4. The number of benzene rings is 1. The predicted octanol–water partition coefficient (Wildman–Crippen LogP) is 0.541. The van der Waals surface area contributed by atoms with Crippen LogP contribution < -0.4 is 16.6 Å². The smallest absolute Gasteiger partial charge is 0.278 e. The summed E-state index contributed by atoms with van der Waals surface area (Å²) in [6.07, 6.45) is 0.939. The van der Waals surface area contributed by atoms with Gasteiger partial charge in [0.05, 0.1) is 0 Å². The summed E-state index contributed by atoms with van der Waals surface area (Å²) < 4.78 is 0. The van der Waals surface area contributed by atoms with Crippen molar-refractivity contribution in [2.24, 2.45) is 0 Å². The predicted molar refractivity (Wildman–Crippen MR) is 79.8 cm³/mol. The van der Waals surface area contributed by atoms with Gasteiger partial charge in [0, 0.05) is 12.1 Å². The summed E-state index contributed by atoms with van der Waals surface area (Å²) in [7, 11) is 0. The lowest BCUT2D eigenvalue weighted by molar-refractivity contribution is 0.644. The van der Waals surface area contributed by atoms with Crippen LogP contribution >= 0.6 is 0 Å². The van der Waals surface area contributed by atoms with Crippen molar-refractivity contribution < 1.29 is 0 Å². The van der Waals surface area contributed by atoms with Gasteiger partial charge in [0.2, 0.25) is 5.95 Å². The van der Waals surface area contributed by atoms with E-state index in [1.54, 1.807) is 0 Å². The van der Waals surface area contributed by atoms with Gasteiger partial charge >= 0.3 is 0 Å². The Bertz CT molecular complexity index is 894. The molecule has 3 heterocycles. The standard InChI is InChI=1S/C14H14N6O/c15-14-19-12-10(13(21)20-14)17-11(18-12)9-3-1-2-7-6-16-5-4-8(7)9/h1-3,16H,4-6H2,(H4,15,17,18,19,20,21). The fraction of sp³-hybridized carbons (Fsp3) is 0.214. The van der Waals surface area contributed by atoms with Crippen molar-refractivity contribution in [2.75, 3.05) is 12.3 Å². The van der Waals surface area contributed by atoms with E-state index >= 15 is 0 Å². The topological polar surface area (TPSA) is 112 Å². The van der Waals surface area contributed by atoms with E-state index in [0.29, 0.717) is 17.0 Å². The second-order valence-corrected chi connectivity index (χ2v) is 5.11. The summed E-state index contributed by atoms with van der Waals surface area (Å²) in [6, 6.07) is 6.12. The Kier molecular flexibility index (Phi) is 2.55. The normalized spacial score (nSPS) is 14.3. The molecule has 7 heteroatoms. The molecule has 106 valence electrons. The monoisotopic (exact) mass is 282 g/mol. The number of hydrogen-bond donors (Lipinski definition) is 4. The number of nitrogens with one attached hydrogen (secondary N) is 3. The van der Waals surface area contributed by atoms with Crippen molar-refractivity contribution in [3.63, 3.8) is 0 Å². The summed E-state index contributed by atoms with van der Waals surface area (Å²) in [6.45, 7) is 1.80. The van der Waals surface area contributed by atoms with Gasteiger partial charge in [-0.1, -0.05) is 18.2 Å². The first kappa shape index (κ1) is 12.1. The van der Waals surface area contributed by atoms with E-state index in [1.165, 1.54) is 11.1 Å². The number of hydrogen-bond acceptors (Lipinski definition) is 5. The number of fused-ring (bicyclic) bond motifs is 2. The SMILES string of the molecule is Nc1nc2nc(-c3cccc4c3CCNC4)[nH]c2c(=O)[nH]1. The van der Waals surface area contributed by atoms with Gasteiger partial charge in [-0.2, -0.15) is 4.98 Å². The zero-order valence-corrected chi connectivity index (χ0v) is 11.2. The summed E-state index contributed by atoms with van der Waals surface area (Å²) in [5.74, 6) is 0.734. The highest BCUT2D eigenvalue weighted by molar-refractivity contribution is 5.77. The molecule has 1 aliphatic heterocycles. The molecule has 0 saturated heterocycles. The minimum atomic E-state index is -0.303. The molecule has 0 aliphatic carbocycles. The van der Waals surface area contributed by atoms with Gasteiger partial charge in [-0.25, -0.2) is 4.98 Å². The van der Waals surface area contributed by atoms with E-state index in [1.807, 2.05) is 12.1 Å². The molecule has 7 nitrogen and oxygen atoms in total. The number of rotatable bonds is 1. The van der Waals surface area contributed by atoms with Crippen molar-refractivity contribution in [2.45, 2.75) is 13.0 Å². The molecule has 21 heavy (non-hydrogen) atoms. The molecular formula is C14H14N6O. The van der Waals surface area contributed by atoms with Crippen molar-refractivity contribution in [3.8, 4) is 11.4 Å². The molecule has 0 saturated carbocycles. The summed E-state index contributed by atoms with van der Waals surface area (Å²) in [5, 5.41) is 3.35. The Hall–Kier alpha value is -2.67. The van der Waals surface area contributed by atoms with Crippen LogP contribution in [-0.2, 0) is 13.0 Å². The van der Waals surface area contributed by atoms with E-state index in [2.05, 4.69) is 31.3 Å². The molecular weight excluding hydrogens is 268 g/mol. The molecule has 0 unspecified atom stereocenters. The van der Waals surface area contributed by atoms with Crippen molar-refractivity contribution in [1.29, 1.82) is 0 Å². The Balaban J connectivity index is 1.95. The van der Waals surface area contributed by atoms with E-state index in [0.717, 1.165) is 25.1 Å². The maximum atomic E-state index is 11.9. The van der Waals surface area contributed by atoms with Crippen LogP contribution in [0.2, 0.25) is 0 Å². The lowest BCUT2D eigenvalue weighted by Gasteiger charge is -2.19. The largest absolute Gasteiger partial charge is 0.369 e. The highest BCUT2D eigenvalue weighted by Crippen LogP contribution is 2.27. The second kappa shape index (κ2) is 4.42. The van der Waals surface area contributed by atoms with Crippen LogP contribution in [0.15, 0.2) is 23.0 Å². The van der Waals surface area contributed by atoms with E-state index < -0.39 is 0 Å². The fourth-order valence-electron chi connectivity index (χ4n) is 2.81. The van der Waals surface area contributed by atoms with Crippen molar-refractivity contribution >= 4 is 17.1 Å². The summed E-state index contributed by atoms with van der Waals surface area (Å²) >= 11 is 0. The van der Waals surface area contributed by atoms with Gasteiger partial charge in [-0.05, 0) is 24.1 Å². The molecule has 0 bridgehead atoms. The molecule has 0 atom stereocenters. The number of nitrogens with two attached hydrogens (primary N) is 1. The van der Waals surface area contributed by atoms with Crippen LogP contribution in [0.4, 0.5) is 5.95 Å². The van der Waals surface area contributed by atoms with Crippen LogP contribution in [0.3, 0.4) is 0 Å². The summed E-state index contributed by atoms with van der Waals surface area (Å²) in [4.78, 5) is 25.9. The van der Waals surface area contributed by atoms with Crippen LogP contribution in [-0.4, -0.2) is 26.5 Å². The Morgan fingerprint density at radius 3 is 3.00 bits per heavy atom. The third-order valence-electron chi connectivity index (χ3n) is 3.78. The highest BCUT2D eigenvalue weighted by atomic mass is 16.1. The van der Waals surface area contributed by atoms with Crippen molar-refractivity contribution in [3.05, 3.63) is 39.7 Å². The fourth-order valence-corrected chi connectivity index (χ4v) is 2.81. The zero-order valence-electron chi connectivity index (χ0n) is 11.2. The molecule has 0 fully saturated rings. The van der Waals surface area contributed by atoms with E-state index in [-0.39, 0.29) is 11.5 Å². The Labute approximate surface area is 119 Å². The van der Waals surface area contributed by atoms with Crippen molar-refractivity contribution in [1.82, 2.24) is 25.3 Å². The number of nitrogens with zero attached hydrogens (tertiary/aromatic N) is 2. The maximum absolute atomic E-state index is 11.9. The first-order valence-electron chi connectivity index (χ1n) is 6.80. The number of anilines is 1. The molecule has 0 amide bonds. The third kappa shape index (κ3) is 1.90. The third-order valence-corrected chi connectivity index (χ3v) is 3.78. The van der Waals surface area contributed by atoms with E-state index in [4.69, 9.17) is 5.73 Å². The first-order valence-corrected chi connectivity index (χ1v) is 6.80. The molecule has 5 N–H and O–H groups in total. The lowest BCUT2D eigenvalue weighted by atomic mass is 9.95. The Morgan fingerprint density at radius 2 is 2.10 bits per heavy atom. The molecule has 0 spiro atoms. The van der Waals surface area contributed by atoms with Crippen LogP contribution in [0.1, 0.15) is 11.1 Å². The first-order chi connectivity index (χ1) is 10.2. The van der Waals surface area contributed by atoms with Gasteiger partial charge in [0.25, 0.3) is 5.56 Å². The number of imidazole rings is 1. The van der Waals surface area contributed by atoms with Gasteiger partial charge in [-0.3, -0.25) is 9.78 Å². The Morgan fingerprint density at radius 1 is 1.19 bits per heavy atom. The molecule has 1 aliphatic rings. The molecule has 4 rings (SSSR count). The second-order valence-electron chi connectivity index (χ2n) is 5.11. The minimum Gasteiger partial charge on any atom is -0.369 e. The number of nitrogen functional groups attached to an aromatic ring is 1. The van der Waals surface area contributed by atoms with Crippen LogP contribution in [0, 0.1) is 0 Å². The molecule has 2 aromatic heterocycles. The zero-order chi connectivity index (χ0) is 14.4. The number of aromatic amines is 2. The van der Waals surface area contributed by atoms with Gasteiger partial charge < -0.3 is 16.0 Å². The average molecular weight is 282 g/mol. The summed E-state index contributed by atoms with van der Waals surface area (Å²) in [5.41, 5.74) is 9.50. The molecule has 1 aromatic carbocycles. The maximum Gasteiger partial charge on any atom is 0.278 e.